The lowest BCUT2D eigenvalue weighted by atomic mass is 10.2. The average molecular weight is 214 g/mol. The summed E-state index contributed by atoms with van der Waals surface area (Å²) >= 11 is 6.06. The van der Waals surface area contributed by atoms with E-state index in [0.29, 0.717) is 0 Å². The van der Waals surface area contributed by atoms with Crippen LogP contribution in [0.3, 0.4) is 0 Å². The van der Waals surface area contributed by atoms with Crippen LogP contribution in [0.2, 0.25) is 0 Å². The molecule has 1 heterocycles. The van der Waals surface area contributed by atoms with Crippen LogP contribution < -0.4 is 5.32 Å². The minimum atomic E-state index is 0.169. The maximum absolute atomic E-state index is 6.06. The van der Waals surface area contributed by atoms with E-state index in [1.165, 1.54) is 0 Å². The summed E-state index contributed by atoms with van der Waals surface area (Å²) in [5.41, 5.74) is 1.10. The van der Waals surface area contributed by atoms with Crippen LogP contribution in [0.4, 0.5) is 5.82 Å². The van der Waals surface area contributed by atoms with Crippen LogP contribution in [0.1, 0.15) is 25.3 Å². The molecule has 1 atom stereocenters. The van der Waals surface area contributed by atoms with Gasteiger partial charge in [-0.2, -0.15) is 5.10 Å². The Bertz CT molecular complexity index is 278. The molecule has 1 N–H and O–H groups in total. The van der Waals surface area contributed by atoms with Gasteiger partial charge in [-0.05, 0) is 25.0 Å². The van der Waals surface area contributed by atoms with Gasteiger partial charge < -0.3 is 5.32 Å². The molecule has 1 aromatic heterocycles. The molecule has 4 heteroatoms. The molecule has 1 aromatic rings. The molecule has 0 saturated heterocycles. The normalized spacial score (nSPS) is 12.5. The molecule has 0 amide bonds. The van der Waals surface area contributed by atoms with Crippen LogP contribution in [0, 0.1) is 6.92 Å². The zero-order chi connectivity index (χ0) is 10.4. The van der Waals surface area contributed by atoms with Gasteiger partial charge in [0.05, 0.1) is 11.6 Å². The molecule has 0 bridgehead atoms. The zero-order valence-corrected chi connectivity index (χ0v) is 9.38. The highest BCUT2D eigenvalue weighted by Crippen LogP contribution is 2.08. The fraction of sp³-hybridized carbons (Fsp3) is 0.600. The van der Waals surface area contributed by atoms with Crippen LogP contribution in [-0.4, -0.2) is 22.1 Å². The Morgan fingerprint density at radius 1 is 1.57 bits per heavy atom. The van der Waals surface area contributed by atoms with Crippen molar-refractivity contribution in [2.45, 2.75) is 32.1 Å². The van der Waals surface area contributed by atoms with Crippen molar-refractivity contribution in [2.24, 2.45) is 0 Å². The van der Waals surface area contributed by atoms with Crippen molar-refractivity contribution in [3.63, 3.8) is 0 Å². The first kappa shape index (κ1) is 11.2. The van der Waals surface area contributed by atoms with Gasteiger partial charge in [0.2, 0.25) is 0 Å². The average Bonchev–Trinajstić information content (AvgIpc) is 2.15. The number of halogens is 1. The van der Waals surface area contributed by atoms with Gasteiger partial charge in [0.25, 0.3) is 0 Å². The van der Waals surface area contributed by atoms with E-state index in [-0.39, 0.29) is 5.38 Å². The van der Waals surface area contributed by atoms with Gasteiger partial charge in [-0.25, -0.2) is 0 Å². The van der Waals surface area contributed by atoms with E-state index >= 15 is 0 Å². The largest absolute Gasteiger partial charge is 0.367 e. The number of aryl methyl sites for hydroxylation is 1. The number of hydrogen-bond acceptors (Lipinski definition) is 3. The number of hydrogen-bond donors (Lipinski definition) is 1. The van der Waals surface area contributed by atoms with Crippen molar-refractivity contribution < 1.29 is 0 Å². The Labute approximate surface area is 89.9 Å². The van der Waals surface area contributed by atoms with Crippen LogP contribution >= 0.6 is 11.6 Å². The summed E-state index contributed by atoms with van der Waals surface area (Å²) in [4.78, 5) is 0. The lowest BCUT2D eigenvalue weighted by Gasteiger charge is -2.09. The second-order valence-electron chi connectivity index (χ2n) is 3.39. The number of alkyl halides is 1. The summed E-state index contributed by atoms with van der Waals surface area (Å²) < 4.78 is 0. The zero-order valence-electron chi connectivity index (χ0n) is 8.63. The molecule has 0 aliphatic carbocycles. The summed E-state index contributed by atoms with van der Waals surface area (Å²) in [5.74, 6) is 0.798. The van der Waals surface area contributed by atoms with E-state index in [4.69, 9.17) is 11.6 Å². The molecule has 0 spiro atoms. The maximum atomic E-state index is 6.06. The summed E-state index contributed by atoms with van der Waals surface area (Å²) in [6.07, 6.45) is 3.86. The van der Waals surface area contributed by atoms with Gasteiger partial charge in [-0.1, -0.05) is 13.3 Å². The second kappa shape index (κ2) is 5.81. The van der Waals surface area contributed by atoms with Crippen LogP contribution in [0.25, 0.3) is 0 Å². The van der Waals surface area contributed by atoms with Crippen molar-refractivity contribution in [3.8, 4) is 0 Å². The van der Waals surface area contributed by atoms with Crippen LogP contribution in [0.5, 0.6) is 0 Å². The molecule has 0 aromatic carbocycles. The molecule has 0 aliphatic rings. The van der Waals surface area contributed by atoms with E-state index in [0.717, 1.165) is 30.8 Å². The fourth-order valence-corrected chi connectivity index (χ4v) is 1.48. The molecule has 0 aliphatic heterocycles. The Hall–Kier alpha value is -0.830. The molecule has 0 fully saturated rings. The summed E-state index contributed by atoms with van der Waals surface area (Å²) in [6, 6.07) is 1.96. The van der Waals surface area contributed by atoms with Crippen molar-refractivity contribution in [2.75, 3.05) is 11.9 Å². The Morgan fingerprint density at radius 2 is 2.36 bits per heavy atom. The predicted molar refractivity (Wildman–Crippen MR) is 59.8 cm³/mol. The maximum Gasteiger partial charge on any atom is 0.148 e. The molecular formula is C10H16ClN3. The molecule has 3 nitrogen and oxygen atoms in total. The quantitative estimate of drug-likeness (QED) is 0.765. The lowest BCUT2D eigenvalue weighted by Crippen LogP contribution is -2.14. The highest BCUT2D eigenvalue weighted by atomic mass is 35.5. The van der Waals surface area contributed by atoms with Crippen molar-refractivity contribution in [1.82, 2.24) is 10.2 Å². The monoisotopic (exact) mass is 213 g/mol. The standard InChI is InChI=1S/C10H16ClN3/c1-3-4-9(11)7-12-10-5-8(2)6-13-14-10/h5-6,9H,3-4,7H2,1-2H3,(H,12,14). The van der Waals surface area contributed by atoms with Crippen molar-refractivity contribution >= 4 is 17.4 Å². The number of nitrogens with one attached hydrogen (secondary N) is 1. The number of nitrogens with zero attached hydrogens (tertiary/aromatic N) is 2. The number of aromatic nitrogens is 2. The van der Waals surface area contributed by atoms with Gasteiger partial charge in [0.1, 0.15) is 5.82 Å². The Balaban J connectivity index is 2.37. The fourth-order valence-electron chi connectivity index (χ4n) is 1.18. The molecule has 14 heavy (non-hydrogen) atoms. The molecular weight excluding hydrogens is 198 g/mol. The predicted octanol–water partition coefficient (Wildman–Crippen LogP) is 2.60. The molecule has 0 radical (unpaired) electrons. The van der Waals surface area contributed by atoms with E-state index in [1.807, 2.05) is 13.0 Å². The first-order chi connectivity index (χ1) is 6.72. The minimum Gasteiger partial charge on any atom is -0.367 e. The summed E-state index contributed by atoms with van der Waals surface area (Å²) in [7, 11) is 0. The third kappa shape index (κ3) is 3.92. The van der Waals surface area contributed by atoms with E-state index in [1.54, 1.807) is 6.20 Å². The third-order valence-corrected chi connectivity index (χ3v) is 2.27. The smallest absolute Gasteiger partial charge is 0.148 e. The van der Waals surface area contributed by atoms with Gasteiger partial charge in [-0.15, -0.1) is 16.7 Å². The molecule has 1 rings (SSSR count). The lowest BCUT2D eigenvalue weighted by molar-refractivity contribution is 0.749. The van der Waals surface area contributed by atoms with Gasteiger partial charge >= 0.3 is 0 Å². The van der Waals surface area contributed by atoms with Gasteiger partial charge in [0, 0.05) is 6.54 Å². The van der Waals surface area contributed by atoms with E-state index < -0.39 is 0 Å². The Morgan fingerprint density at radius 3 is 3.00 bits per heavy atom. The molecule has 0 saturated carbocycles. The van der Waals surface area contributed by atoms with Crippen molar-refractivity contribution in [1.29, 1.82) is 0 Å². The summed E-state index contributed by atoms with van der Waals surface area (Å²) in [6.45, 7) is 4.86. The van der Waals surface area contributed by atoms with Crippen molar-refractivity contribution in [3.05, 3.63) is 17.8 Å². The van der Waals surface area contributed by atoms with Crippen LogP contribution in [0.15, 0.2) is 12.3 Å². The number of rotatable bonds is 5. The van der Waals surface area contributed by atoms with E-state index in [9.17, 15) is 0 Å². The minimum absolute atomic E-state index is 0.169. The first-order valence-corrected chi connectivity index (χ1v) is 5.33. The SMILES string of the molecule is CCCC(Cl)CNc1cc(C)cnn1. The number of anilines is 1. The Kier molecular flexibility index (Phi) is 4.66. The molecule has 78 valence electrons. The topological polar surface area (TPSA) is 37.8 Å². The first-order valence-electron chi connectivity index (χ1n) is 4.89. The van der Waals surface area contributed by atoms with Crippen LogP contribution in [-0.2, 0) is 0 Å². The highest BCUT2D eigenvalue weighted by molar-refractivity contribution is 6.20. The second-order valence-corrected chi connectivity index (χ2v) is 4.00. The highest BCUT2D eigenvalue weighted by Gasteiger charge is 2.03. The van der Waals surface area contributed by atoms with Gasteiger partial charge in [0.15, 0.2) is 0 Å². The summed E-state index contributed by atoms with van der Waals surface area (Å²) in [5, 5.41) is 11.1. The van der Waals surface area contributed by atoms with Gasteiger partial charge in [-0.3, -0.25) is 0 Å². The third-order valence-electron chi connectivity index (χ3n) is 1.90. The molecule has 1 unspecified atom stereocenters. The van der Waals surface area contributed by atoms with E-state index in [2.05, 4.69) is 22.4 Å².